The highest BCUT2D eigenvalue weighted by Crippen LogP contribution is 2.28. The molecule has 0 spiro atoms. The summed E-state index contributed by atoms with van der Waals surface area (Å²) < 4.78 is 0. The number of aryl methyl sites for hydroxylation is 1. The molecule has 19 heavy (non-hydrogen) atoms. The summed E-state index contributed by atoms with van der Waals surface area (Å²) in [7, 11) is 0. The Hall–Kier alpha value is -1.74. The van der Waals surface area contributed by atoms with Gasteiger partial charge in [0.15, 0.2) is 0 Å². The Morgan fingerprint density at radius 3 is 2.89 bits per heavy atom. The van der Waals surface area contributed by atoms with Crippen molar-refractivity contribution in [3.8, 4) is 0 Å². The van der Waals surface area contributed by atoms with Gasteiger partial charge in [0.2, 0.25) is 0 Å². The summed E-state index contributed by atoms with van der Waals surface area (Å²) in [6.07, 6.45) is 6.17. The summed E-state index contributed by atoms with van der Waals surface area (Å²) in [4.78, 5) is 15.0. The molecule has 0 atom stereocenters. The maximum Gasteiger partial charge on any atom is 0.272 e. The SMILES string of the molecule is O=C(Nc1cccc2c1CCCC2)c1cc(Cl)c[nH]1. The van der Waals surface area contributed by atoms with Gasteiger partial charge in [0.25, 0.3) is 5.91 Å². The molecular weight excluding hydrogens is 260 g/mol. The van der Waals surface area contributed by atoms with Crippen molar-refractivity contribution in [1.29, 1.82) is 0 Å². The van der Waals surface area contributed by atoms with E-state index in [0.717, 1.165) is 18.5 Å². The Kier molecular flexibility index (Phi) is 3.30. The number of carbonyl (C=O) groups excluding carboxylic acids is 1. The smallest absolute Gasteiger partial charge is 0.272 e. The molecule has 1 aromatic heterocycles. The van der Waals surface area contributed by atoms with Crippen LogP contribution in [0.15, 0.2) is 30.5 Å². The molecule has 0 saturated carbocycles. The number of anilines is 1. The van der Waals surface area contributed by atoms with E-state index in [1.54, 1.807) is 12.3 Å². The van der Waals surface area contributed by atoms with Crippen molar-refractivity contribution in [1.82, 2.24) is 4.98 Å². The van der Waals surface area contributed by atoms with Crippen LogP contribution in [0.2, 0.25) is 5.02 Å². The van der Waals surface area contributed by atoms with Gasteiger partial charge < -0.3 is 10.3 Å². The predicted octanol–water partition coefficient (Wildman–Crippen LogP) is 3.80. The lowest BCUT2D eigenvalue weighted by atomic mass is 9.90. The second kappa shape index (κ2) is 5.10. The fourth-order valence-corrected chi connectivity index (χ4v) is 2.75. The third-order valence-corrected chi connectivity index (χ3v) is 3.75. The first kappa shape index (κ1) is 12.3. The van der Waals surface area contributed by atoms with Crippen molar-refractivity contribution in [2.75, 3.05) is 5.32 Å². The predicted molar refractivity (Wildman–Crippen MR) is 76.8 cm³/mol. The first-order valence-electron chi connectivity index (χ1n) is 6.50. The van der Waals surface area contributed by atoms with E-state index in [-0.39, 0.29) is 5.91 Å². The molecule has 0 fully saturated rings. The van der Waals surface area contributed by atoms with Crippen LogP contribution in [0.4, 0.5) is 5.69 Å². The molecular formula is C15H15ClN2O. The number of halogens is 1. The highest BCUT2D eigenvalue weighted by Gasteiger charge is 2.15. The number of benzene rings is 1. The monoisotopic (exact) mass is 274 g/mol. The molecule has 0 radical (unpaired) electrons. The Balaban J connectivity index is 1.85. The van der Waals surface area contributed by atoms with Gasteiger partial charge in [0.1, 0.15) is 5.69 Å². The Morgan fingerprint density at radius 2 is 2.11 bits per heavy atom. The molecule has 1 aliphatic carbocycles. The quantitative estimate of drug-likeness (QED) is 0.860. The molecule has 3 nitrogen and oxygen atoms in total. The number of fused-ring (bicyclic) bond motifs is 1. The molecule has 0 bridgehead atoms. The van der Waals surface area contributed by atoms with Crippen molar-refractivity contribution in [2.24, 2.45) is 0 Å². The van der Waals surface area contributed by atoms with Crippen LogP contribution < -0.4 is 5.32 Å². The second-order valence-corrected chi connectivity index (χ2v) is 5.27. The normalized spacial score (nSPS) is 13.9. The lowest BCUT2D eigenvalue weighted by Crippen LogP contribution is -2.15. The molecule has 1 amide bonds. The summed E-state index contributed by atoms with van der Waals surface area (Å²) in [5.41, 5.74) is 4.04. The number of aromatic amines is 1. The van der Waals surface area contributed by atoms with Gasteiger partial charge in [-0.05, 0) is 48.9 Å². The number of hydrogen-bond donors (Lipinski definition) is 2. The zero-order valence-electron chi connectivity index (χ0n) is 10.5. The largest absolute Gasteiger partial charge is 0.356 e. The molecule has 0 unspecified atom stereocenters. The summed E-state index contributed by atoms with van der Waals surface area (Å²) >= 11 is 5.81. The molecule has 98 valence electrons. The minimum Gasteiger partial charge on any atom is -0.356 e. The maximum absolute atomic E-state index is 12.1. The van der Waals surface area contributed by atoms with E-state index in [0.29, 0.717) is 10.7 Å². The number of aromatic nitrogens is 1. The van der Waals surface area contributed by atoms with Crippen molar-refractivity contribution >= 4 is 23.2 Å². The van der Waals surface area contributed by atoms with E-state index in [4.69, 9.17) is 11.6 Å². The first-order chi connectivity index (χ1) is 9.24. The second-order valence-electron chi connectivity index (χ2n) is 4.84. The van der Waals surface area contributed by atoms with Gasteiger partial charge in [-0.1, -0.05) is 23.7 Å². The van der Waals surface area contributed by atoms with Crippen LogP contribution in [-0.4, -0.2) is 10.9 Å². The van der Waals surface area contributed by atoms with Gasteiger partial charge in [-0.15, -0.1) is 0 Å². The number of rotatable bonds is 2. The Morgan fingerprint density at radius 1 is 1.26 bits per heavy atom. The summed E-state index contributed by atoms with van der Waals surface area (Å²) in [5.74, 6) is -0.147. The fraction of sp³-hybridized carbons (Fsp3) is 0.267. The number of H-pyrrole nitrogens is 1. The number of nitrogens with one attached hydrogen (secondary N) is 2. The minimum absolute atomic E-state index is 0.147. The molecule has 4 heteroatoms. The maximum atomic E-state index is 12.1. The van der Waals surface area contributed by atoms with Crippen LogP contribution in [0.3, 0.4) is 0 Å². The molecule has 0 saturated heterocycles. The van der Waals surface area contributed by atoms with Crippen LogP contribution in [0.25, 0.3) is 0 Å². The third-order valence-electron chi connectivity index (χ3n) is 3.54. The van der Waals surface area contributed by atoms with Crippen molar-refractivity contribution in [3.63, 3.8) is 0 Å². The van der Waals surface area contributed by atoms with Gasteiger partial charge >= 0.3 is 0 Å². The number of carbonyl (C=O) groups is 1. The van der Waals surface area contributed by atoms with Gasteiger partial charge in [-0.3, -0.25) is 4.79 Å². The summed E-state index contributed by atoms with van der Waals surface area (Å²) in [5, 5.41) is 3.51. The fourth-order valence-electron chi connectivity index (χ4n) is 2.59. The third kappa shape index (κ3) is 2.51. The van der Waals surface area contributed by atoms with E-state index < -0.39 is 0 Å². The minimum atomic E-state index is -0.147. The number of hydrogen-bond acceptors (Lipinski definition) is 1. The molecule has 2 aromatic rings. The zero-order valence-corrected chi connectivity index (χ0v) is 11.3. The lowest BCUT2D eigenvalue weighted by molar-refractivity contribution is 0.102. The molecule has 0 aliphatic heterocycles. The van der Waals surface area contributed by atoms with E-state index in [2.05, 4.69) is 16.4 Å². The zero-order chi connectivity index (χ0) is 13.2. The molecule has 1 heterocycles. The summed E-state index contributed by atoms with van der Waals surface area (Å²) in [6.45, 7) is 0. The van der Waals surface area contributed by atoms with Crippen molar-refractivity contribution in [3.05, 3.63) is 52.3 Å². The molecule has 3 rings (SSSR count). The van der Waals surface area contributed by atoms with Crippen LogP contribution in [0.1, 0.15) is 34.5 Å². The van der Waals surface area contributed by atoms with Crippen LogP contribution in [0.5, 0.6) is 0 Å². The average Bonchev–Trinajstić information content (AvgIpc) is 2.86. The highest BCUT2D eigenvalue weighted by atomic mass is 35.5. The highest BCUT2D eigenvalue weighted by molar-refractivity contribution is 6.31. The average molecular weight is 275 g/mol. The van der Waals surface area contributed by atoms with Gasteiger partial charge in [0.05, 0.1) is 5.02 Å². The standard InChI is InChI=1S/C15H15ClN2O/c16-11-8-14(17-9-11)15(19)18-13-7-3-5-10-4-1-2-6-12(10)13/h3,5,7-9,17H,1-2,4,6H2,(H,18,19). The van der Waals surface area contributed by atoms with E-state index in [9.17, 15) is 4.79 Å². The summed E-state index contributed by atoms with van der Waals surface area (Å²) in [6, 6.07) is 7.75. The Labute approximate surface area is 117 Å². The van der Waals surface area contributed by atoms with Crippen LogP contribution in [0, 0.1) is 0 Å². The lowest BCUT2D eigenvalue weighted by Gasteiger charge is -2.19. The van der Waals surface area contributed by atoms with Gasteiger partial charge in [-0.2, -0.15) is 0 Å². The molecule has 1 aliphatic rings. The first-order valence-corrected chi connectivity index (χ1v) is 6.88. The topological polar surface area (TPSA) is 44.9 Å². The van der Waals surface area contributed by atoms with E-state index >= 15 is 0 Å². The van der Waals surface area contributed by atoms with Crippen molar-refractivity contribution in [2.45, 2.75) is 25.7 Å². The van der Waals surface area contributed by atoms with Crippen LogP contribution >= 0.6 is 11.6 Å². The Bertz CT molecular complexity index is 618. The number of amides is 1. The molecule has 1 aromatic carbocycles. The van der Waals surface area contributed by atoms with Gasteiger partial charge in [-0.25, -0.2) is 0 Å². The van der Waals surface area contributed by atoms with Crippen LogP contribution in [-0.2, 0) is 12.8 Å². The van der Waals surface area contributed by atoms with E-state index in [1.807, 2.05) is 12.1 Å². The molecule has 2 N–H and O–H groups in total. The van der Waals surface area contributed by atoms with E-state index in [1.165, 1.54) is 24.0 Å². The van der Waals surface area contributed by atoms with Crippen molar-refractivity contribution < 1.29 is 4.79 Å². The van der Waals surface area contributed by atoms with Gasteiger partial charge in [0, 0.05) is 11.9 Å².